The molecule has 1 aromatic carbocycles. The Morgan fingerprint density at radius 3 is 2.61 bits per heavy atom. The van der Waals surface area contributed by atoms with Crippen LogP contribution in [0.2, 0.25) is 0 Å². The number of fused-ring (bicyclic) bond motifs is 1. The topological polar surface area (TPSA) is 71.6 Å². The standard InChI is InChI=1S/C28H35FN4O3/c1-19(2)21-16-22(20-8-6-13-32(18-20)25(34)9-15-33-14-7-10-30-33)26(29)23-17-24(36-27(21)23)28(35)31-11-4-3-5-12-31/h7,10,14,16-17,19-20H,3-6,8-9,11-13,15,18H2,1-2H3/t20-/m1/s1. The lowest BCUT2D eigenvalue weighted by Crippen LogP contribution is -2.39. The summed E-state index contributed by atoms with van der Waals surface area (Å²) in [5.74, 6) is -0.195. The SMILES string of the molecule is CC(C)c1cc([C@@H]2CCCN(C(=O)CCn3cccn3)C2)c(F)c2cc(C(=O)N3CCCCC3)oc12. The summed E-state index contributed by atoms with van der Waals surface area (Å²) in [7, 11) is 0. The number of furan rings is 1. The van der Waals surface area contributed by atoms with Crippen molar-refractivity contribution < 1.29 is 18.4 Å². The zero-order valence-corrected chi connectivity index (χ0v) is 21.2. The van der Waals surface area contributed by atoms with Gasteiger partial charge < -0.3 is 14.2 Å². The van der Waals surface area contributed by atoms with Crippen molar-refractivity contribution in [3.63, 3.8) is 0 Å². The molecule has 2 amide bonds. The van der Waals surface area contributed by atoms with Crippen molar-refractivity contribution in [1.29, 1.82) is 0 Å². The molecule has 2 fully saturated rings. The van der Waals surface area contributed by atoms with Gasteiger partial charge in [-0.25, -0.2) is 4.39 Å². The Balaban J connectivity index is 1.40. The monoisotopic (exact) mass is 494 g/mol. The van der Waals surface area contributed by atoms with Gasteiger partial charge in [0.25, 0.3) is 5.91 Å². The molecule has 2 saturated heterocycles. The van der Waals surface area contributed by atoms with Crippen molar-refractivity contribution in [2.45, 2.75) is 70.8 Å². The Labute approximate surface area is 211 Å². The zero-order valence-electron chi connectivity index (χ0n) is 21.2. The fourth-order valence-corrected chi connectivity index (χ4v) is 5.56. The third-order valence-electron chi connectivity index (χ3n) is 7.60. The van der Waals surface area contributed by atoms with Crippen LogP contribution in [0.5, 0.6) is 0 Å². The number of benzene rings is 1. The number of nitrogens with zero attached hydrogens (tertiary/aromatic N) is 4. The lowest BCUT2D eigenvalue weighted by molar-refractivity contribution is -0.132. The number of aromatic nitrogens is 2. The van der Waals surface area contributed by atoms with Gasteiger partial charge in [0, 0.05) is 63.5 Å². The first kappa shape index (κ1) is 24.5. The van der Waals surface area contributed by atoms with E-state index in [1.54, 1.807) is 16.9 Å². The van der Waals surface area contributed by atoms with Gasteiger partial charge in [-0.3, -0.25) is 14.3 Å². The summed E-state index contributed by atoms with van der Waals surface area (Å²) in [6, 6.07) is 5.34. The molecule has 2 aromatic heterocycles. The molecule has 36 heavy (non-hydrogen) atoms. The molecule has 7 nitrogen and oxygen atoms in total. The van der Waals surface area contributed by atoms with Gasteiger partial charge in [-0.15, -0.1) is 0 Å². The highest BCUT2D eigenvalue weighted by atomic mass is 19.1. The molecule has 1 atom stereocenters. The molecule has 3 aromatic rings. The molecule has 0 spiro atoms. The maximum Gasteiger partial charge on any atom is 0.289 e. The second-order valence-corrected chi connectivity index (χ2v) is 10.4. The maximum absolute atomic E-state index is 16.0. The van der Waals surface area contributed by atoms with Gasteiger partial charge in [0.05, 0.1) is 5.39 Å². The van der Waals surface area contributed by atoms with Crippen LogP contribution >= 0.6 is 0 Å². The molecule has 192 valence electrons. The van der Waals surface area contributed by atoms with Crippen LogP contribution in [0.4, 0.5) is 4.39 Å². The number of halogens is 1. The van der Waals surface area contributed by atoms with Gasteiger partial charge in [0.15, 0.2) is 5.76 Å². The van der Waals surface area contributed by atoms with E-state index < -0.39 is 0 Å². The minimum atomic E-state index is -0.327. The van der Waals surface area contributed by atoms with E-state index in [4.69, 9.17) is 4.42 Å². The van der Waals surface area contributed by atoms with Crippen LogP contribution in [-0.2, 0) is 11.3 Å². The van der Waals surface area contributed by atoms with Crippen molar-refractivity contribution in [2.24, 2.45) is 0 Å². The molecule has 4 heterocycles. The van der Waals surface area contributed by atoms with Crippen LogP contribution in [0.3, 0.4) is 0 Å². The number of aryl methyl sites for hydroxylation is 1. The fraction of sp³-hybridized carbons (Fsp3) is 0.536. The molecule has 2 aliphatic heterocycles. The summed E-state index contributed by atoms with van der Waals surface area (Å²) in [5.41, 5.74) is 1.99. The van der Waals surface area contributed by atoms with E-state index in [9.17, 15) is 9.59 Å². The van der Waals surface area contributed by atoms with Crippen molar-refractivity contribution in [2.75, 3.05) is 26.2 Å². The lowest BCUT2D eigenvalue weighted by atomic mass is 9.86. The van der Waals surface area contributed by atoms with Crippen LogP contribution in [0.15, 0.2) is 35.0 Å². The molecular weight excluding hydrogens is 459 g/mol. The Kier molecular flexibility index (Phi) is 7.12. The van der Waals surface area contributed by atoms with Gasteiger partial charge >= 0.3 is 0 Å². The highest BCUT2D eigenvalue weighted by Crippen LogP contribution is 2.38. The summed E-state index contributed by atoms with van der Waals surface area (Å²) in [6.07, 6.45) is 8.67. The Bertz CT molecular complexity index is 1230. The van der Waals surface area contributed by atoms with Gasteiger partial charge in [-0.2, -0.15) is 5.10 Å². The normalized spacial score (nSPS) is 18.8. The van der Waals surface area contributed by atoms with Crippen LogP contribution in [0.1, 0.15) is 85.9 Å². The molecule has 0 saturated carbocycles. The van der Waals surface area contributed by atoms with Crippen molar-refractivity contribution >= 4 is 22.8 Å². The van der Waals surface area contributed by atoms with Crippen LogP contribution < -0.4 is 0 Å². The Hall–Kier alpha value is -3.16. The van der Waals surface area contributed by atoms with Crippen molar-refractivity contribution in [3.05, 3.63) is 53.3 Å². The number of likely N-dealkylation sites (tertiary alicyclic amines) is 2. The number of carbonyl (C=O) groups excluding carboxylic acids is 2. The number of carbonyl (C=O) groups is 2. The molecule has 5 rings (SSSR count). The second-order valence-electron chi connectivity index (χ2n) is 10.4. The molecule has 0 N–H and O–H groups in total. The van der Waals surface area contributed by atoms with E-state index in [-0.39, 0.29) is 35.2 Å². The van der Waals surface area contributed by atoms with E-state index in [1.807, 2.05) is 28.1 Å². The molecule has 2 aliphatic rings. The van der Waals surface area contributed by atoms with E-state index >= 15 is 4.39 Å². The lowest BCUT2D eigenvalue weighted by Gasteiger charge is -2.33. The number of rotatable bonds is 6. The molecule has 0 bridgehead atoms. The highest BCUT2D eigenvalue weighted by molar-refractivity contribution is 5.97. The zero-order chi connectivity index (χ0) is 25.2. The minimum Gasteiger partial charge on any atom is -0.450 e. The van der Waals surface area contributed by atoms with E-state index in [0.717, 1.165) is 37.7 Å². The number of amides is 2. The summed E-state index contributed by atoms with van der Waals surface area (Å²) in [5, 5.41) is 4.54. The van der Waals surface area contributed by atoms with Crippen LogP contribution in [0, 0.1) is 5.82 Å². The maximum atomic E-state index is 16.0. The number of piperidine rings is 2. The Morgan fingerprint density at radius 1 is 1.11 bits per heavy atom. The third-order valence-corrected chi connectivity index (χ3v) is 7.60. The average molecular weight is 495 g/mol. The third kappa shape index (κ3) is 4.90. The van der Waals surface area contributed by atoms with Crippen molar-refractivity contribution in [3.8, 4) is 0 Å². The van der Waals surface area contributed by atoms with E-state index in [0.29, 0.717) is 55.7 Å². The van der Waals surface area contributed by atoms with Crippen molar-refractivity contribution in [1.82, 2.24) is 19.6 Å². The molecular formula is C28H35FN4O3. The largest absolute Gasteiger partial charge is 0.450 e. The summed E-state index contributed by atoms with van der Waals surface area (Å²) >= 11 is 0. The predicted molar refractivity (Wildman–Crippen MR) is 135 cm³/mol. The fourth-order valence-electron chi connectivity index (χ4n) is 5.56. The summed E-state index contributed by atoms with van der Waals surface area (Å²) in [4.78, 5) is 29.6. The second kappa shape index (κ2) is 10.4. The van der Waals surface area contributed by atoms with Gasteiger partial charge in [0.2, 0.25) is 5.91 Å². The van der Waals surface area contributed by atoms with Crippen LogP contribution in [-0.4, -0.2) is 57.6 Å². The molecule has 0 unspecified atom stereocenters. The van der Waals surface area contributed by atoms with Gasteiger partial charge in [-0.05, 0) is 61.3 Å². The van der Waals surface area contributed by atoms with Gasteiger partial charge in [0.1, 0.15) is 11.4 Å². The summed E-state index contributed by atoms with van der Waals surface area (Å²) in [6.45, 7) is 7.26. The minimum absolute atomic E-state index is 0.0681. The van der Waals surface area contributed by atoms with Gasteiger partial charge in [-0.1, -0.05) is 13.8 Å². The van der Waals surface area contributed by atoms with E-state index in [2.05, 4.69) is 18.9 Å². The molecule has 0 aliphatic carbocycles. The average Bonchev–Trinajstić information content (AvgIpc) is 3.58. The first-order valence-corrected chi connectivity index (χ1v) is 13.2. The van der Waals surface area contributed by atoms with Crippen LogP contribution in [0.25, 0.3) is 11.0 Å². The molecule has 8 heteroatoms. The van der Waals surface area contributed by atoms with E-state index in [1.165, 1.54) is 0 Å². The summed E-state index contributed by atoms with van der Waals surface area (Å²) < 4.78 is 23.8. The Morgan fingerprint density at radius 2 is 1.89 bits per heavy atom. The predicted octanol–water partition coefficient (Wildman–Crippen LogP) is 5.31. The first-order valence-electron chi connectivity index (χ1n) is 13.2. The smallest absolute Gasteiger partial charge is 0.289 e. The highest BCUT2D eigenvalue weighted by Gasteiger charge is 2.30. The number of hydrogen-bond donors (Lipinski definition) is 0. The molecule has 0 radical (unpaired) electrons. The number of hydrogen-bond acceptors (Lipinski definition) is 4. The first-order chi connectivity index (χ1) is 17.4. The quantitative estimate of drug-likeness (QED) is 0.465.